The zero-order valence-corrected chi connectivity index (χ0v) is 23.3. The van der Waals surface area contributed by atoms with E-state index in [9.17, 15) is 13.2 Å². The van der Waals surface area contributed by atoms with Crippen LogP contribution < -0.4 is 15.4 Å². The highest BCUT2D eigenvalue weighted by molar-refractivity contribution is 14.2. The maximum atomic E-state index is 13.2. The van der Waals surface area contributed by atoms with Gasteiger partial charge in [-0.1, -0.05) is 12.1 Å². The third-order valence-electron chi connectivity index (χ3n) is 5.53. The number of aromatic nitrogens is 7. The van der Waals surface area contributed by atoms with E-state index in [2.05, 4.69) is 52.8 Å². The molecule has 0 aliphatic heterocycles. The van der Waals surface area contributed by atoms with Crippen molar-refractivity contribution in [3.63, 3.8) is 0 Å². The molecule has 0 saturated heterocycles. The number of fused-ring (bicyclic) bond motifs is 1. The molecule has 1 atom stereocenters. The van der Waals surface area contributed by atoms with Gasteiger partial charge in [0.1, 0.15) is 34.4 Å². The van der Waals surface area contributed by atoms with Gasteiger partial charge in [0.15, 0.2) is 11.4 Å². The minimum absolute atomic E-state index is 0.0135. The van der Waals surface area contributed by atoms with Gasteiger partial charge >= 0.3 is 6.18 Å². The normalized spacial score (nSPS) is 12.0. The first-order valence-corrected chi connectivity index (χ1v) is 15.1. The van der Waals surface area contributed by atoms with Crippen molar-refractivity contribution in [3.05, 3.63) is 60.2 Å². The number of hydrogen-bond acceptors (Lipinski definition) is 8. The topological polar surface area (TPSA) is 108 Å². The molecule has 1 unspecified atom stereocenters. The third-order valence-corrected chi connectivity index (χ3v) is 7.68. The molecule has 15 heteroatoms. The average molecular weight is 653 g/mol. The highest BCUT2D eigenvalue weighted by Gasteiger charge is 2.32. The van der Waals surface area contributed by atoms with E-state index in [4.69, 9.17) is 9.72 Å². The van der Waals surface area contributed by atoms with Gasteiger partial charge < -0.3 is 15.4 Å². The molecule has 5 rings (SSSR count). The van der Waals surface area contributed by atoms with Crippen molar-refractivity contribution in [3.8, 4) is 17.0 Å². The summed E-state index contributed by atoms with van der Waals surface area (Å²) in [5, 5.41) is 14.8. The van der Waals surface area contributed by atoms with Crippen molar-refractivity contribution in [2.24, 2.45) is 7.05 Å². The van der Waals surface area contributed by atoms with Crippen molar-refractivity contribution in [2.45, 2.75) is 13.1 Å². The third kappa shape index (κ3) is 5.10. The quantitative estimate of drug-likeness (QED) is 0.157. The molecular formula is C23H20F3IN9OP. The number of alkyl halides is 3. The van der Waals surface area contributed by atoms with Gasteiger partial charge in [-0.15, -0.1) is 0 Å². The molecule has 2 N–H and O–H groups in total. The zero-order chi connectivity index (χ0) is 27.0. The molecule has 38 heavy (non-hydrogen) atoms. The Morgan fingerprint density at radius 1 is 1.00 bits per heavy atom. The lowest BCUT2D eigenvalue weighted by molar-refractivity contribution is -0.141. The van der Waals surface area contributed by atoms with Gasteiger partial charge in [0.2, 0.25) is 0 Å². The van der Waals surface area contributed by atoms with Crippen molar-refractivity contribution in [2.75, 3.05) is 17.7 Å². The number of methoxy groups -OCH3 is 1. The second kappa shape index (κ2) is 10.3. The fourth-order valence-corrected chi connectivity index (χ4v) is 6.02. The summed E-state index contributed by atoms with van der Waals surface area (Å²) in [5.41, 5.74) is 2.75. The molecule has 0 saturated carbocycles. The summed E-state index contributed by atoms with van der Waals surface area (Å²) in [4.78, 5) is 14.5. The molecule has 10 nitrogen and oxygen atoms in total. The number of imidazole rings is 1. The second-order valence-corrected chi connectivity index (χ2v) is 10.1. The number of ether oxygens (including phenoxy) is 1. The maximum Gasteiger partial charge on any atom is 0.433 e. The number of nitrogens with zero attached hydrogens (tertiary/aromatic N) is 7. The van der Waals surface area contributed by atoms with E-state index >= 15 is 0 Å². The van der Waals surface area contributed by atoms with E-state index < -0.39 is 11.9 Å². The lowest BCUT2D eigenvalue weighted by Gasteiger charge is -2.16. The number of benzene rings is 1. The van der Waals surface area contributed by atoms with Crippen LogP contribution in [0.3, 0.4) is 0 Å². The molecule has 0 aliphatic carbocycles. The minimum atomic E-state index is -4.56. The number of anilines is 4. The number of nitrogens with one attached hydrogen (secondary N) is 2. The van der Waals surface area contributed by atoms with Crippen LogP contribution in [0, 0.1) is 6.92 Å². The Labute approximate surface area is 229 Å². The number of halogens is 4. The Morgan fingerprint density at radius 2 is 1.79 bits per heavy atom. The number of aryl methyl sites for hydroxylation is 2. The average Bonchev–Trinajstić information content (AvgIpc) is 3.45. The summed E-state index contributed by atoms with van der Waals surface area (Å²) < 4.78 is 47.3. The number of pyridine rings is 2. The predicted molar refractivity (Wildman–Crippen MR) is 149 cm³/mol. The van der Waals surface area contributed by atoms with E-state index in [0.717, 1.165) is 17.5 Å². The molecule has 1 aromatic carbocycles. The van der Waals surface area contributed by atoms with Crippen LogP contribution in [0.15, 0.2) is 48.7 Å². The summed E-state index contributed by atoms with van der Waals surface area (Å²) in [7, 11) is 3.29. The standard InChI is InChI=1S/C23H20F3IN9OP/c1-12-29-20-15(30-14-7-4-6-13(21(14)37-3)16-11-28-35(2)34-16)10-19(33-22(20)36(12)38-27)32-18-9-5-8-17(31-18)23(24,25)26/h4-11,38H,1-3H3,(H2,30,31,32,33). The van der Waals surface area contributed by atoms with E-state index in [1.54, 1.807) is 26.4 Å². The first kappa shape index (κ1) is 26.1. The van der Waals surface area contributed by atoms with E-state index in [1.165, 1.54) is 16.9 Å². The van der Waals surface area contributed by atoms with Gasteiger partial charge in [0, 0.05) is 18.7 Å². The molecular weight excluding hydrogens is 633 g/mol. The van der Waals surface area contributed by atoms with Crippen LogP contribution in [-0.4, -0.2) is 41.4 Å². The van der Waals surface area contributed by atoms with Crippen LogP contribution in [0.25, 0.3) is 22.4 Å². The monoisotopic (exact) mass is 653 g/mol. The lowest BCUT2D eigenvalue weighted by atomic mass is 10.1. The molecule has 4 heterocycles. The molecule has 0 radical (unpaired) electrons. The summed E-state index contributed by atoms with van der Waals surface area (Å²) in [6.45, 7) is 1.87. The molecule has 0 fully saturated rings. The van der Waals surface area contributed by atoms with Crippen LogP contribution in [0.4, 0.5) is 36.2 Å². The first-order valence-electron chi connectivity index (χ1n) is 11.1. The largest absolute Gasteiger partial charge is 0.494 e. The predicted octanol–water partition coefficient (Wildman–Crippen LogP) is 6.24. The van der Waals surface area contributed by atoms with Crippen LogP contribution in [0.5, 0.6) is 5.75 Å². The van der Waals surface area contributed by atoms with Gasteiger partial charge in [-0.05, 0) is 53.2 Å². The Balaban J connectivity index is 1.60. The smallest absolute Gasteiger partial charge is 0.433 e. The summed E-state index contributed by atoms with van der Waals surface area (Å²) in [5.74, 6) is 1.60. The zero-order valence-electron chi connectivity index (χ0n) is 20.2. The van der Waals surface area contributed by atoms with E-state index in [1.807, 2.05) is 29.5 Å². The number of para-hydroxylation sites is 1. The molecule has 0 bridgehead atoms. The van der Waals surface area contributed by atoms with Crippen LogP contribution in [0.1, 0.15) is 11.5 Å². The highest BCUT2D eigenvalue weighted by Crippen LogP contribution is 2.40. The highest BCUT2D eigenvalue weighted by atomic mass is 127. The fraction of sp³-hybridized carbons (Fsp3) is 0.174. The summed E-state index contributed by atoms with van der Waals surface area (Å²) in [6, 6.07) is 10.9. The summed E-state index contributed by atoms with van der Waals surface area (Å²) in [6.07, 6.45) is -2.62. The van der Waals surface area contributed by atoms with Crippen molar-refractivity contribution >= 4 is 62.6 Å². The van der Waals surface area contributed by atoms with Gasteiger partial charge in [-0.25, -0.2) is 15.0 Å². The molecule has 0 spiro atoms. The summed E-state index contributed by atoms with van der Waals surface area (Å²) >= 11 is 2.23. The van der Waals surface area contributed by atoms with Crippen LogP contribution in [0.2, 0.25) is 0 Å². The Kier molecular flexibility index (Phi) is 7.09. The van der Waals surface area contributed by atoms with Crippen molar-refractivity contribution in [1.82, 2.24) is 34.3 Å². The van der Waals surface area contributed by atoms with Crippen molar-refractivity contribution in [1.29, 1.82) is 0 Å². The van der Waals surface area contributed by atoms with Crippen molar-refractivity contribution < 1.29 is 17.9 Å². The minimum Gasteiger partial charge on any atom is -0.494 e. The SMILES string of the molecule is COc1c(Nc2cc(Nc3cccc(C(F)(F)F)n3)nc3c2nc(C)n3PI)cccc1-c1cnn(C)n1. The molecule has 4 aromatic heterocycles. The Hall–Kier alpha value is -3.52. The molecule has 0 amide bonds. The van der Waals surface area contributed by atoms with Gasteiger partial charge in [0.05, 0.1) is 31.1 Å². The molecule has 196 valence electrons. The number of hydrogen-bond donors (Lipinski definition) is 2. The molecule has 0 aliphatic rings. The number of rotatable bonds is 7. The van der Waals surface area contributed by atoms with E-state index in [0.29, 0.717) is 46.2 Å². The Morgan fingerprint density at radius 3 is 2.47 bits per heavy atom. The van der Waals surface area contributed by atoms with Gasteiger partial charge in [-0.3, -0.25) is 4.34 Å². The first-order chi connectivity index (χ1) is 18.2. The molecule has 5 aromatic rings. The fourth-order valence-electron chi connectivity index (χ4n) is 3.88. The maximum absolute atomic E-state index is 13.2. The van der Waals surface area contributed by atoms with Gasteiger partial charge in [0.25, 0.3) is 0 Å². The van der Waals surface area contributed by atoms with E-state index in [-0.39, 0.29) is 5.82 Å². The Bertz CT molecular complexity index is 1640. The lowest BCUT2D eigenvalue weighted by Crippen LogP contribution is -2.09. The van der Waals surface area contributed by atoms with Crippen LogP contribution in [-0.2, 0) is 13.2 Å². The van der Waals surface area contributed by atoms with Gasteiger partial charge in [-0.2, -0.15) is 28.2 Å². The van der Waals surface area contributed by atoms with Crippen LogP contribution >= 0.6 is 28.4 Å². The second-order valence-electron chi connectivity index (χ2n) is 8.07.